The molecule has 0 amide bonds. The zero-order valence-electron chi connectivity index (χ0n) is 13.6. The molecule has 25 heavy (non-hydrogen) atoms. The van der Waals surface area contributed by atoms with Gasteiger partial charge in [0.05, 0.1) is 0 Å². The maximum absolute atomic E-state index is 14.4. The van der Waals surface area contributed by atoms with Gasteiger partial charge in [0.2, 0.25) is 12.0 Å². The lowest BCUT2D eigenvalue weighted by atomic mass is 10.0. The molecule has 0 aromatic rings. The molecule has 0 fully saturated rings. The van der Waals surface area contributed by atoms with Crippen molar-refractivity contribution in [1.29, 1.82) is 0 Å². The predicted molar refractivity (Wildman–Crippen MR) is 71.2 cm³/mol. The monoisotopic (exact) mass is 410 g/mol. The van der Waals surface area contributed by atoms with Crippen LogP contribution in [0.1, 0.15) is 20.8 Å². The first-order valence-corrected chi connectivity index (χ1v) is 9.03. The molecule has 0 aliphatic rings. The summed E-state index contributed by atoms with van der Waals surface area (Å²) in [5, 5.41) is 0. The van der Waals surface area contributed by atoms with Gasteiger partial charge in [-0.15, -0.1) is 0 Å². The Morgan fingerprint density at radius 2 is 1.08 bits per heavy atom. The summed E-state index contributed by atoms with van der Waals surface area (Å²) in [6.45, 7) is 2.18. The van der Waals surface area contributed by atoms with Crippen LogP contribution >= 0.6 is 0 Å². The van der Waals surface area contributed by atoms with Crippen LogP contribution in [0.25, 0.3) is 0 Å². The summed E-state index contributed by atoms with van der Waals surface area (Å²) in [6, 6.07) is 0. The molecule has 3 atom stereocenters. The van der Waals surface area contributed by atoms with Gasteiger partial charge in [0.1, 0.15) is 0 Å². The first kappa shape index (κ1) is 24.5. The minimum atomic E-state index is -6.11. The Hall–Kier alpha value is -0.533. The summed E-state index contributed by atoms with van der Waals surface area (Å²) >= 11 is 0. The van der Waals surface area contributed by atoms with E-state index in [0.29, 0.717) is 0 Å². The maximum atomic E-state index is 14.4. The van der Waals surface area contributed by atoms with E-state index in [2.05, 4.69) is 13.3 Å². The SMILES string of the molecule is CCO[Si](OCC)(OCC)[C@H](F)C(F)(F)C(F)(F)[C@H](F)[C@@H](F)C(F)F. The molecule has 3 nitrogen and oxygen atoms in total. The Morgan fingerprint density at radius 1 is 0.720 bits per heavy atom. The average molecular weight is 410 g/mol. The Bertz CT molecular complexity index is 383. The van der Waals surface area contributed by atoms with Gasteiger partial charge in [-0.05, 0) is 20.8 Å². The van der Waals surface area contributed by atoms with Gasteiger partial charge in [-0.3, -0.25) is 0 Å². The molecule has 0 bridgehead atoms. The molecule has 0 saturated carbocycles. The van der Waals surface area contributed by atoms with E-state index in [1.807, 2.05) is 0 Å². The lowest BCUT2D eigenvalue weighted by molar-refractivity contribution is -0.272. The molecular weight excluding hydrogens is 391 g/mol. The van der Waals surface area contributed by atoms with Gasteiger partial charge >= 0.3 is 20.6 Å². The molecule has 0 aromatic heterocycles. The lowest BCUT2D eigenvalue weighted by Gasteiger charge is -2.38. The highest BCUT2D eigenvalue weighted by Gasteiger charge is 2.76. The molecule has 0 rings (SSSR count). The van der Waals surface area contributed by atoms with E-state index in [9.17, 15) is 39.5 Å². The highest BCUT2D eigenvalue weighted by atomic mass is 28.4. The van der Waals surface area contributed by atoms with E-state index in [1.165, 1.54) is 20.8 Å². The summed E-state index contributed by atoms with van der Waals surface area (Å²) < 4.78 is 134. The Kier molecular flexibility index (Phi) is 9.22. The minimum absolute atomic E-state index is 0.476. The van der Waals surface area contributed by atoms with Crippen LogP contribution in [0.15, 0.2) is 0 Å². The average Bonchev–Trinajstić information content (AvgIpc) is 2.52. The van der Waals surface area contributed by atoms with Crippen molar-refractivity contribution in [2.75, 3.05) is 19.8 Å². The van der Waals surface area contributed by atoms with Crippen molar-refractivity contribution in [2.24, 2.45) is 0 Å². The molecule has 0 aliphatic heterocycles. The molecule has 0 radical (unpaired) electrons. The summed E-state index contributed by atoms with van der Waals surface area (Å²) in [5.74, 6) is -16.1. The van der Waals surface area contributed by atoms with Crippen molar-refractivity contribution < 1.29 is 52.8 Å². The van der Waals surface area contributed by atoms with Crippen molar-refractivity contribution >= 4 is 8.80 Å². The summed E-state index contributed by atoms with van der Waals surface area (Å²) in [6.07, 6.45) is -13.2. The number of hydrogen-bond acceptors (Lipinski definition) is 3. The van der Waals surface area contributed by atoms with E-state index in [4.69, 9.17) is 0 Å². The fraction of sp³-hybridized carbons (Fsp3) is 1.00. The maximum Gasteiger partial charge on any atom is 0.543 e. The van der Waals surface area contributed by atoms with Crippen molar-refractivity contribution in [3.05, 3.63) is 0 Å². The van der Waals surface area contributed by atoms with Gasteiger partial charge in [0, 0.05) is 19.8 Å². The van der Waals surface area contributed by atoms with Crippen LogP contribution in [0.4, 0.5) is 39.5 Å². The quantitative estimate of drug-likeness (QED) is 0.358. The Morgan fingerprint density at radius 3 is 1.36 bits per heavy atom. The molecule has 0 heterocycles. The normalized spacial score (nSPS) is 17.6. The third kappa shape index (κ3) is 5.01. The van der Waals surface area contributed by atoms with E-state index >= 15 is 0 Å². The molecule has 0 N–H and O–H groups in total. The van der Waals surface area contributed by atoms with Crippen molar-refractivity contribution in [2.45, 2.75) is 57.2 Å². The van der Waals surface area contributed by atoms with Crippen LogP contribution in [0.3, 0.4) is 0 Å². The second kappa shape index (κ2) is 9.42. The summed E-state index contributed by atoms with van der Waals surface area (Å²) in [4.78, 5) is 0. The van der Waals surface area contributed by atoms with E-state index < -0.39 is 65.0 Å². The van der Waals surface area contributed by atoms with E-state index in [-0.39, 0.29) is 0 Å². The van der Waals surface area contributed by atoms with Crippen LogP contribution in [-0.2, 0) is 13.3 Å². The smallest absolute Gasteiger partial charge is 0.372 e. The Balaban J connectivity index is 5.89. The van der Waals surface area contributed by atoms with Gasteiger partial charge in [-0.25, -0.2) is 22.0 Å². The van der Waals surface area contributed by atoms with Gasteiger partial charge in [0.15, 0.2) is 6.17 Å². The van der Waals surface area contributed by atoms with E-state index in [1.54, 1.807) is 0 Å². The first-order valence-electron chi connectivity index (χ1n) is 7.23. The van der Waals surface area contributed by atoms with Crippen molar-refractivity contribution in [1.82, 2.24) is 0 Å². The highest BCUT2D eigenvalue weighted by molar-refractivity contribution is 6.62. The molecular formula is C12H19F9O3Si. The fourth-order valence-corrected chi connectivity index (χ4v) is 4.38. The number of hydrogen-bond donors (Lipinski definition) is 0. The molecule has 0 saturated heterocycles. The number of alkyl halides is 9. The van der Waals surface area contributed by atoms with Gasteiger partial charge in [-0.2, -0.15) is 17.6 Å². The predicted octanol–water partition coefficient (Wildman–Crippen LogP) is 4.12. The topological polar surface area (TPSA) is 27.7 Å². The van der Waals surface area contributed by atoms with Gasteiger partial charge < -0.3 is 13.3 Å². The third-order valence-corrected chi connectivity index (χ3v) is 6.03. The van der Waals surface area contributed by atoms with Crippen LogP contribution in [0.2, 0.25) is 0 Å². The fourth-order valence-electron chi connectivity index (χ4n) is 1.85. The van der Waals surface area contributed by atoms with Crippen LogP contribution < -0.4 is 0 Å². The number of halogens is 9. The highest BCUT2D eigenvalue weighted by Crippen LogP contribution is 2.47. The molecule has 13 heteroatoms. The third-order valence-electron chi connectivity index (χ3n) is 2.98. The molecule has 0 spiro atoms. The Labute approximate surface area is 139 Å². The van der Waals surface area contributed by atoms with Crippen molar-refractivity contribution in [3.63, 3.8) is 0 Å². The minimum Gasteiger partial charge on any atom is -0.372 e. The molecule has 152 valence electrons. The van der Waals surface area contributed by atoms with Gasteiger partial charge in [0.25, 0.3) is 6.43 Å². The zero-order valence-corrected chi connectivity index (χ0v) is 14.6. The number of rotatable bonds is 12. The van der Waals surface area contributed by atoms with Crippen LogP contribution in [-0.4, -0.2) is 65.0 Å². The van der Waals surface area contributed by atoms with Gasteiger partial charge in [-0.1, -0.05) is 0 Å². The van der Waals surface area contributed by atoms with Crippen LogP contribution in [0, 0.1) is 0 Å². The molecule has 0 aromatic carbocycles. The zero-order chi connectivity index (χ0) is 20.1. The summed E-state index contributed by atoms with van der Waals surface area (Å²) in [7, 11) is -5.13. The van der Waals surface area contributed by atoms with E-state index in [0.717, 1.165) is 0 Å². The standard InChI is InChI=1S/C12H19F9O3Si/c1-4-22-25(23-5-2,24-6-3)10(17)12(20,21)11(18,19)8(14)7(13)9(15)16/h7-10H,4-6H2,1-3H3/t7-,8-,10+/m1/s1. The first-order chi connectivity index (χ1) is 11.4. The lowest BCUT2D eigenvalue weighted by Crippen LogP contribution is -2.68. The second-order valence-electron chi connectivity index (χ2n) is 4.69. The summed E-state index contributed by atoms with van der Waals surface area (Å²) in [5.41, 5.74) is 0. The molecule has 0 aliphatic carbocycles. The van der Waals surface area contributed by atoms with Crippen molar-refractivity contribution in [3.8, 4) is 0 Å². The van der Waals surface area contributed by atoms with Crippen LogP contribution in [0.5, 0.6) is 0 Å². The second-order valence-corrected chi connectivity index (χ2v) is 7.27. The largest absolute Gasteiger partial charge is 0.543 e. The molecule has 0 unspecified atom stereocenters.